The summed E-state index contributed by atoms with van der Waals surface area (Å²) in [7, 11) is 2.00. The molecule has 1 fully saturated rings. The van der Waals surface area contributed by atoms with Crippen molar-refractivity contribution in [3.05, 3.63) is 35.7 Å². The van der Waals surface area contributed by atoms with E-state index in [1.165, 1.54) is 11.3 Å². The number of anilines is 1. The molecular formula is C25H34N4O3S. The number of carbonyl (C=O) groups excluding carboxylic acids is 3. The summed E-state index contributed by atoms with van der Waals surface area (Å²) in [4.78, 5) is 44.1. The van der Waals surface area contributed by atoms with E-state index < -0.39 is 5.92 Å². The number of hydrogen-bond acceptors (Lipinski definition) is 6. The Morgan fingerprint density at radius 2 is 1.91 bits per heavy atom. The molecule has 1 aliphatic heterocycles. The quantitative estimate of drug-likeness (QED) is 0.374. The number of rotatable bonds is 11. The molecule has 2 amide bonds. The zero-order valence-electron chi connectivity index (χ0n) is 19.5. The van der Waals surface area contributed by atoms with Crippen molar-refractivity contribution in [3.8, 4) is 11.3 Å². The molecule has 8 heteroatoms. The summed E-state index contributed by atoms with van der Waals surface area (Å²) in [5, 5.41) is 8.33. The third-order valence-electron chi connectivity index (χ3n) is 6.04. The molecule has 1 aromatic carbocycles. The molecule has 7 nitrogen and oxygen atoms in total. The maximum Gasteiger partial charge on any atom is 0.238 e. The molecule has 3 rings (SSSR count). The minimum Gasteiger partial charge on any atom is -0.340 e. The number of nitrogens with one attached hydrogen (secondary N) is 2. The Kier molecular flexibility index (Phi) is 9.57. The lowest BCUT2D eigenvalue weighted by molar-refractivity contribution is -0.134. The SMILES string of the molecule is CC(=O)CCCCC[C@H](C(=O)Nc1nc(-c2ccccc2)cs1)C(=O)NC1CCCCN1C. The van der Waals surface area contributed by atoms with E-state index in [2.05, 4.69) is 20.5 Å². The van der Waals surface area contributed by atoms with E-state index in [1.54, 1.807) is 6.92 Å². The minimum atomic E-state index is -0.790. The van der Waals surface area contributed by atoms with Crippen molar-refractivity contribution >= 4 is 34.1 Å². The Morgan fingerprint density at radius 3 is 2.64 bits per heavy atom. The zero-order chi connectivity index (χ0) is 23.6. The molecule has 2 aromatic rings. The summed E-state index contributed by atoms with van der Waals surface area (Å²) >= 11 is 1.35. The number of carbonyl (C=O) groups is 3. The van der Waals surface area contributed by atoms with Crippen molar-refractivity contribution in [1.29, 1.82) is 0 Å². The van der Waals surface area contributed by atoms with Gasteiger partial charge in [-0.05, 0) is 52.6 Å². The number of Topliss-reactive ketones (excluding diaryl/α,β-unsaturated/α-hetero) is 1. The van der Waals surface area contributed by atoms with Gasteiger partial charge in [-0.15, -0.1) is 11.3 Å². The highest BCUT2D eigenvalue weighted by Gasteiger charge is 2.30. The number of hydrogen-bond donors (Lipinski definition) is 2. The zero-order valence-corrected chi connectivity index (χ0v) is 20.3. The maximum atomic E-state index is 13.1. The Balaban J connectivity index is 1.63. The van der Waals surface area contributed by atoms with Crippen LogP contribution in [0.5, 0.6) is 0 Å². The fraction of sp³-hybridized carbons (Fsp3) is 0.520. The molecule has 178 valence electrons. The van der Waals surface area contributed by atoms with Crippen molar-refractivity contribution in [1.82, 2.24) is 15.2 Å². The van der Waals surface area contributed by atoms with Crippen LogP contribution in [0.3, 0.4) is 0 Å². The van der Waals surface area contributed by atoms with Crippen LogP contribution in [-0.2, 0) is 14.4 Å². The van der Waals surface area contributed by atoms with Gasteiger partial charge in [0, 0.05) is 17.4 Å². The number of piperidine rings is 1. The average Bonchev–Trinajstić information content (AvgIpc) is 3.26. The van der Waals surface area contributed by atoms with Crippen LogP contribution >= 0.6 is 11.3 Å². The molecule has 0 spiro atoms. The van der Waals surface area contributed by atoms with Gasteiger partial charge in [0.25, 0.3) is 0 Å². The van der Waals surface area contributed by atoms with E-state index in [0.717, 1.165) is 49.9 Å². The second kappa shape index (κ2) is 12.6. The lowest BCUT2D eigenvalue weighted by atomic mass is 9.97. The summed E-state index contributed by atoms with van der Waals surface area (Å²) in [6.45, 7) is 2.52. The normalized spacial score (nSPS) is 17.3. The number of nitrogens with zero attached hydrogens (tertiary/aromatic N) is 2. The molecular weight excluding hydrogens is 436 g/mol. The summed E-state index contributed by atoms with van der Waals surface area (Å²) in [5.41, 5.74) is 1.78. The number of amides is 2. The van der Waals surface area contributed by atoms with Gasteiger partial charge in [-0.2, -0.15) is 0 Å². The van der Waals surface area contributed by atoms with E-state index in [9.17, 15) is 14.4 Å². The second-order valence-corrected chi connectivity index (χ2v) is 9.61. The van der Waals surface area contributed by atoms with Gasteiger partial charge in [0.05, 0.1) is 11.9 Å². The van der Waals surface area contributed by atoms with E-state index >= 15 is 0 Å². The van der Waals surface area contributed by atoms with E-state index in [-0.39, 0.29) is 23.8 Å². The van der Waals surface area contributed by atoms with Crippen LogP contribution in [0.4, 0.5) is 5.13 Å². The largest absolute Gasteiger partial charge is 0.340 e. The van der Waals surface area contributed by atoms with Crippen molar-refractivity contribution in [2.24, 2.45) is 5.92 Å². The van der Waals surface area contributed by atoms with Crippen LogP contribution in [0.25, 0.3) is 11.3 Å². The maximum absolute atomic E-state index is 13.1. The number of ketones is 1. The van der Waals surface area contributed by atoms with Crippen LogP contribution in [-0.4, -0.2) is 47.2 Å². The Bertz CT molecular complexity index is 931. The molecule has 0 saturated carbocycles. The van der Waals surface area contributed by atoms with Gasteiger partial charge in [-0.1, -0.05) is 43.2 Å². The first-order valence-electron chi connectivity index (χ1n) is 11.8. The van der Waals surface area contributed by atoms with Crippen molar-refractivity contribution in [2.75, 3.05) is 18.9 Å². The molecule has 2 atom stereocenters. The first-order chi connectivity index (χ1) is 15.9. The van der Waals surface area contributed by atoms with Crippen molar-refractivity contribution in [2.45, 2.75) is 64.5 Å². The number of unbranched alkanes of at least 4 members (excludes halogenated alkanes) is 2. The van der Waals surface area contributed by atoms with Gasteiger partial charge in [0.1, 0.15) is 11.7 Å². The molecule has 2 heterocycles. The minimum absolute atomic E-state index is 0.0381. The van der Waals surface area contributed by atoms with Crippen LogP contribution in [0.2, 0.25) is 0 Å². The number of likely N-dealkylation sites (tertiary alicyclic amines) is 1. The van der Waals surface area contributed by atoms with Gasteiger partial charge in [-0.3, -0.25) is 14.5 Å². The topological polar surface area (TPSA) is 91.4 Å². The van der Waals surface area contributed by atoms with Gasteiger partial charge in [-0.25, -0.2) is 4.98 Å². The van der Waals surface area contributed by atoms with Gasteiger partial charge < -0.3 is 15.4 Å². The summed E-state index contributed by atoms with van der Waals surface area (Å²) in [5.74, 6) is -1.19. The standard InChI is InChI=1S/C25H34N4O3S/c1-18(30)11-5-3-8-14-20(23(31)27-22-15-9-10-16-29(22)2)24(32)28-25-26-21(17-33-25)19-12-6-4-7-13-19/h4,6-7,12-13,17,20,22H,3,5,8-11,14-16H2,1-2H3,(H,27,31)(H,26,28,32)/t20-,22?/m0/s1. The molecule has 0 radical (unpaired) electrons. The third kappa shape index (κ3) is 7.75. The molecule has 0 aliphatic carbocycles. The third-order valence-corrected chi connectivity index (χ3v) is 6.80. The predicted octanol–water partition coefficient (Wildman–Crippen LogP) is 4.46. The van der Waals surface area contributed by atoms with Gasteiger partial charge in [0.2, 0.25) is 11.8 Å². The van der Waals surface area contributed by atoms with E-state index in [0.29, 0.717) is 24.4 Å². The summed E-state index contributed by atoms with van der Waals surface area (Å²) in [6.07, 6.45) is 6.34. The monoisotopic (exact) mass is 470 g/mol. The summed E-state index contributed by atoms with van der Waals surface area (Å²) in [6, 6.07) is 9.78. The highest BCUT2D eigenvalue weighted by Crippen LogP contribution is 2.25. The number of thiazole rings is 1. The number of benzene rings is 1. The van der Waals surface area contributed by atoms with Crippen LogP contribution in [0.15, 0.2) is 35.7 Å². The molecule has 1 saturated heterocycles. The molecule has 1 aliphatic rings. The molecule has 0 bridgehead atoms. The fourth-order valence-corrected chi connectivity index (χ4v) is 4.79. The smallest absolute Gasteiger partial charge is 0.238 e. The lowest BCUT2D eigenvalue weighted by Crippen LogP contribution is -2.51. The van der Waals surface area contributed by atoms with E-state index in [4.69, 9.17) is 0 Å². The average molecular weight is 471 g/mol. The predicted molar refractivity (Wildman–Crippen MR) is 132 cm³/mol. The molecule has 1 unspecified atom stereocenters. The van der Waals surface area contributed by atoms with Gasteiger partial charge >= 0.3 is 0 Å². The first kappa shape index (κ1) is 25.1. The van der Waals surface area contributed by atoms with Crippen LogP contribution in [0, 0.1) is 5.92 Å². The fourth-order valence-electron chi connectivity index (χ4n) is 4.07. The van der Waals surface area contributed by atoms with Gasteiger partial charge in [0.15, 0.2) is 5.13 Å². The Morgan fingerprint density at radius 1 is 1.12 bits per heavy atom. The summed E-state index contributed by atoms with van der Waals surface area (Å²) < 4.78 is 0. The number of aromatic nitrogens is 1. The Labute approximate surface area is 200 Å². The molecule has 33 heavy (non-hydrogen) atoms. The van der Waals surface area contributed by atoms with Crippen LogP contribution in [0.1, 0.15) is 58.3 Å². The lowest BCUT2D eigenvalue weighted by Gasteiger charge is -2.33. The van der Waals surface area contributed by atoms with Crippen molar-refractivity contribution in [3.63, 3.8) is 0 Å². The second-order valence-electron chi connectivity index (χ2n) is 8.75. The first-order valence-corrected chi connectivity index (χ1v) is 12.6. The molecule has 2 N–H and O–H groups in total. The van der Waals surface area contributed by atoms with E-state index in [1.807, 2.05) is 42.8 Å². The highest BCUT2D eigenvalue weighted by atomic mass is 32.1. The molecule has 1 aromatic heterocycles. The van der Waals surface area contributed by atoms with Crippen molar-refractivity contribution < 1.29 is 14.4 Å². The van der Waals surface area contributed by atoms with Crippen LogP contribution < -0.4 is 10.6 Å². The Hall–Kier alpha value is -2.58. The highest BCUT2D eigenvalue weighted by molar-refractivity contribution is 7.14.